The molecule has 0 radical (unpaired) electrons. The number of aryl methyl sites for hydroxylation is 1. The zero-order valence-electron chi connectivity index (χ0n) is 15.4. The maximum Gasteiger partial charge on any atom is 0.251 e. The van der Waals surface area contributed by atoms with E-state index in [9.17, 15) is 4.79 Å². The minimum Gasteiger partial charge on any atom is -0.355 e. The summed E-state index contributed by atoms with van der Waals surface area (Å²) >= 11 is 6.16. The Morgan fingerprint density at radius 3 is 2.52 bits per heavy atom. The number of nitrogens with one attached hydrogen (secondary N) is 1. The van der Waals surface area contributed by atoms with Crippen molar-refractivity contribution in [1.82, 2.24) is 15.1 Å². The zero-order chi connectivity index (χ0) is 19.6. The summed E-state index contributed by atoms with van der Waals surface area (Å²) in [5, 5.41) is 16.7. The lowest BCUT2D eigenvalue weighted by molar-refractivity contribution is 0.0963. The van der Waals surface area contributed by atoms with E-state index in [4.69, 9.17) is 16.9 Å². The Labute approximate surface area is 163 Å². The quantitative estimate of drug-likeness (QED) is 0.746. The van der Waals surface area contributed by atoms with Crippen molar-refractivity contribution in [2.45, 2.75) is 20.3 Å². The Morgan fingerprint density at radius 1 is 1.22 bits per heavy atom. The van der Waals surface area contributed by atoms with Crippen LogP contribution in [-0.2, 0) is 6.42 Å². The van der Waals surface area contributed by atoms with Crippen LogP contribution in [0.15, 0.2) is 42.5 Å². The van der Waals surface area contributed by atoms with Gasteiger partial charge in [0.25, 0.3) is 5.91 Å². The number of nitriles is 1. The first-order valence-corrected chi connectivity index (χ1v) is 8.88. The molecule has 6 heteroatoms. The van der Waals surface area contributed by atoms with E-state index in [1.54, 1.807) is 19.2 Å². The summed E-state index contributed by atoms with van der Waals surface area (Å²) in [5.41, 5.74) is 6.08. The summed E-state index contributed by atoms with van der Waals surface area (Å²) in [6.07, 6.45) is 0.718. The number of nitrogens with zero attached hydrogens (tertiary/aromatic N) is 3. The lowest BCUT2D eigenvalue weighted by Gasteiger charge is -2.07. The molecule has 2 aromatic carbocycles. The van der Waals surface area contributed by atoms with E-state index >= 15 is 0 Å². The molecule has 27 heavy (non-hydrogen) atoms. The number of carbonyl (C=O) groups excluding carboxylic acids is 1. The lowest BCUT2D eigenvalue weighted by Crippen LogP contribution is -2.17. The molecule has 1 amide bonds. The minimum atomic E-state index is -0.0978. The van der Waals surface area contributed by atoms with Crippen molar-refractivity contribution >= 4 is 17.5 Å². The third-order valence-corrected chi connectivity index (χ3v) is 4.90. The van der Waals surface area contributed by atoms with Gasteiger partial charge in [-0.05, 0) is 49.7 Å². The van der Waals surface area contributed by atoms with Crippen molar-refractivity contribution in [3.63, 3.8) is 0 Å². The number of hydrogen-bond acceptors (Lipinski definition) is 3. The number of halogens is 1. The Balaban J connectivity index is 1.91. The normalized spacial score (nSPS) is 10.5. The van der Waals surface area contributed by atoms with Gasteiger partial charge in [-0.15, -0.1) is 0 Å². The molecule has 0 aliphatic rings. The van der Waals surface area contributed by atoms with Crippen molar-refractivity contribution in [2.24, 2.45) is 0 Å². The van der Waals surface area contributed by atoms with E-state index in [-0.39, 0.29) is 5.91 Å². The maximum atomic E-state index is 11.7. The Morgan fingerprint density at radius 2 is 1.93 bits per heavy atom. The fourth-order valence-corrected chi connectivity index (χ4v) is 3.25. The summed E-state index contributed by atoms with van der Waals surface area (Å²) in [4.78, 5) is 11.7. The molecule has 136 valence electrons. The topological polar surface area (TPSA) is 70.7 Å². The van der Waals surface area contributed by atoms with Gasteiger partial charge in [0.2, 0.25) is 0 Å². The fraction of sp³-hybridized carbons (Fsp3) is 0.190. The number of benzene rings is 2. The van der Waals surface area contributed by atoms with Gasteiger partial charge in [0.1, 0.15) is 6.07 Å². The summed E-state index contributed by atoms with van der Waals surface area (Å²) in [6.45, 7) is 3.99. The molecule has 3 rings (SSSR count). The average Bonchev–Trinajstić information content (AvgIpc) is 2.96. The second-order valence-corrected chi connectivity index (χ2v) is 6.70. The van der Waals surface area contributed by atoms with Crippen molar-refractivity contribution in [2.75, 3.05) is 7.05 Å². The summed E-state index contributed by atoms with van der Waals surface area (Å²) in [6, 6.07) is 14.9. The van der Waals surface area contributed by atoms with Crippen LogP contribution in [-0.4, -0.2) is 22.7 Å². The predicted molar refractivity (Wildman–Crippen MR) is 105 cm³/mol. The van der Waals surface area contributed by atoms with Gasteiger partial charge in [0.05, 0.1) is 22.0 Å². The molecule has 0 aliphatic carbocycles. The van der Waals surface area contributed by atoms with E-state index in [0.29, 0.717) is 16.1 Å². The summed E-state index contributed by atoms with van der Waals surface area (Å²) < 4.78 is 1.84. The molecular weight excluding hydrogens is 360 g/mol. The van der Waals surface area contributed by atoms with Crippen LogP contribution in [0.5, 0.6) is 0 Å². The molecule has 0 fully saturated rings. The van der Waals surface area contributed by atoms with Gasteiger partial charge < -0.3 is 5.32 Å². The zero-order valence-corrected chi connectivity index (χ0v) is 16.1. The second kappa shape index (κ2) is 7.65. The van der Waals surface area contributed by atoms with Crippen molar-refractivity contribution in [3.8, 4) is 11.8 Å². The number of rotatable bonds is 4. The van der Waals surface area contributed by atoms with E-state index in [1.807, 2.05) is 48.9 Å². The van der Waals surface area contributed by atoms with Crippen LogP contribution in [0, 0.1) is 25.2 Å². The standard InChI is InChI=1S/C21H19ClN4O/c1-13-19(10-15-4-6-16(7-5-15)21(27)24-3)14(2)26(25-13)18-9-8-17(12-23)20(22)11-18/h4-9,11H,10H2,1-3H3,(H,24,27). The number of amides is 1. The van der Waals surface area contributed by atoms with Crippen LogP contribution in [0.3, 0.4) is 0 Å². The highest BCUT2D eigenvalue weighted by molar-refractivity contribution is 6.31. The highest BCUT2D eigenvalue weighted by Crippen LogP contribution is 2.24. The van der Waals surface area contributed by atoms with E-state index < -0.39 is 0 Å². The van der Waals surface area contributed by atoms with E-state index in [2.05, 4.69) is 16.5 Å². The molecule has 0 saturated heterocycles. The van der Waals surface area contributed by atoms with E-state index in [1.165, 1.54) is 0 Å². The molecule has 1 heterocycles. The molecule has 5 nitrogen and oxygen atoms in total. The highest BCUT2D eigenvalue weighted by Gasteiger charge is 2.14. The third-order valence-electron chi connectivity index (χ3n) is 4.58. The predicted octanol–water partition coefficient (Wildman–Crippen LogP) is 3.96. The van der Waals surface area contributed by atoms with Gasteiger partial charge in [0, 0.05) is 30.3 Å². The molecule has 0 bridgehead atoms. The highest BCUT2D eigenvalue weighted by atomic mass is 35.5. The lowest BCUT2D eigenvalue weighted by atomic mass is 10.0. The second-order valence-electron chi connectivity index (χ2n) is 6.29. The Kier molecular flexibility index (Phi) is 5.29. The van der Waals surface area contributed by atoms with Crippen LogP contribution < -0.4 is 5.32 Å². The number of hydrogen-bond donors (Lipinski definition) is 1. The first-order valence-electron chi connectivity index (χ1n) is 8.50. The first kappa shape index (κ1) is 18.7. The van der Waals surface area contributed by atoms with Crippen molar-refractivity contribution in [3.05, 3.63) is 81.1 Å². The van der Waals surface area contributed by atoms with Gasteiger partial charge in [-0.2, -0.15) is 10.4 Å². The van der Waals surface area contributed by atoms with Crippen LogP contribution in [0.4, 0.5) is 0 Å². The molecule has 0 aliphatic heterocycles. The van der Waals surface area contributed by atoms with Crippen LogP contribution in [0.1, 0.15) is 38.4 Å². The monoisotopic (exact) mass is 378 g/mol. The van der Waals surface area contributed by atoms with Crippen LogP contribution in [0.25, 0.3) is 5.69 Å². The summed E-state index contributed by atoms with van der Waals surface area (Å²) in [5.74, 6) is -0.0978. The number of aromatic nitrogens is 2. The average molecular weight is 379 g/mol. The van der Waals surface area contributed by atoms with Gasteiger partial charge >= 0.3 is 0 Å². The van der Waals surface area contributed by atoms with E-state index in [0.717, 1.165) is 34.6 Å². The van der Waals surface area contributed by atoms with Crippen LogP contribution >= 0.6 is 11.6 Å². The molecule has 0 saturated carbocycles. The van der Waals surface area contributed by atoms with Gasteiger partial charge in [-0.1, -0.05) is 23.7 Å². The Bertz CT molecular complexity index is 1050. The molecular formula is C21H19ClN4O. The smallest absolute Gasteiger partial charge is 0.251 e. The van der Waals surface area contributed by atoms with Crippen molar-refractivity contribution < 1.29 is 4.79 Å². The molecule has 0 unspecified atom stereocenters. The van der Waals surface area contributed by atoms with Gasteiger partial charge in [-0.25, -0.2) is 4.68 Å². The summed E-state index contributed by atoms with van der Waals surface area (Å²) in [7, 11) is 1.62. The first-order chi connectivity index (χ1) is 12.9. The molecule has 3 aromatic rings. The fourth-order valence-electron chi connectivity index (χ4n) is 3.03. The number of carbonyl (C=O) groups is 1. The molecule has 0 spiro atoms. The molecule has 1 N–H and O–H groups in total. The maximum absolute atomic E-state index is 11.7. The molecule has 0 atom stereocenters. The van der Waals surface area contributed by atoms with Gasteiger partial charge in [-0.3, -0.25) is 4.79 Å². The Hall–Kier alpha value is -3.10. The minimum absolute atomic E-state index is 0.0978. The van der Waals surface area contributed by atoms with Crippen LogP contribution in [0.2, 0.25) is 5.02 Å². The SMILES string of the molecule is CNC(=O)c1ccc(Cc2c(C)nn(-c3ccc(C#N)c(Cl)c3)c2C)cc1. The van der Waals surface area contributed by atoms with Crippen molar-refractivity contribution in [1.29, 1.82) is 5.26 Å². The largest absolute Gasteiger partial charge is 0.355 e. The van der Waals surface area contributed by atoms with Gasteiger partial charge in [0.15, 0.2) is 0 Å². The third kappa shape index (κ3) is 3.71. The molecule has 1 aromatic heterocycles.